The van der Waals surface area contributed by atoms with Crippen LogP contribution < -0.4 is 11.3 Å². The number of aliphatic hydroxyl groups is 1. The van der Waals surface area contributed by atoms with Gasteiger partial charge in [0.2, 0.25) is 0 Å². The van der Waals surface area contributed by atoms with Gasteiger partial charge in [-0.05, 0) is 13.8 Å². The third-order valence-corrected chi connectivity index (χ3v) is 2.24. The molecule has 1 amide bonds. The van der Waals surface area contributed by atoms with Crippen LogP contribution in [0.5, 0.6) is 0 Å². The Morgan fingerprint density at radius 2 is 2.24 bits per heavy atom. The zero-order chi connectivity index (χ0) is 12.8. The van der Waals surface area contributed by atoms with Crippen molar-refractivity contribution in [3.8, 4) is 0 Å². The molecule has 0 aliphatic carbocycles. The topological polar surface area (TPSA) is 104 Å². The largest absolute Gasteiger partial charge is 0.395 e. The van der Waals surface area contributed by atoms with Crippen molar-refractivity contribution >= 4 is 11.7 Å². The molecular weight excluding hydrogens is 222 g/mol. The molecule has 7 heteroatoms. The number of anilines is 1. The Morgan fingerprint density at radius 3 is 2.65 bits per heavy atom. The maximum Gasteiger partial charge on any atom is 0.274 e. The van der Waals surface area contributed by atoms with Crippen LogP contribution in [0.1, 0.15) is 24.3 Å². The fourth-order valence-corrected chi connectivity index (χ4v) is 1.36. The van der Waals surface area contributed by atoms with E-state index in [-0.39, 0.29) is 30.8 Å². The lowest BCUT2D eigenvalue weighted by molar-refractivity contribution is 0.0659. The highest BCUT2D eigenvalue weighted by molar-refractivity contribution is 5.92. The van der Waals surface area contributed by atoms with Crippen LogP contribution >= 0.6 is 0 Å². The summed E-state index contributed by atoms with van der Waals surface area (Å²) in [4.78, 5) is 21.4. The Labute approximate surface area is 99.6 Å². The third kappa shape index (κ3) is 3.36. The molecule has 1 aromatic rings. The van der Waals surface area contributed by atoms with Gasteiger partial charge in [-0.1, -0.05) is 0 Å². The Bertz CT molecular complexity index is 365. The maximum absolute atomic E-state index is 12.0. The molecule has 0 saturated heterocycles. The summed E-state index contributed by atoms with van der Waals surface area (Å²) in [6.07, 6.45) is 2.73. The molecule has 4 N–H and O–H groups in total. The number of carbonyl (C=O) groups is 1. The normalized spacial score (nSPS) is 10.4. The van der Waals surface area contributed by atoms with Gasteiger partial charge in [0.1, 0.15) is 5.69 Å². The number of hydrogen-bond acceptors (Lipinski definition) is 6. The van der Waals surface area contributed by atoms with Crippen LogP contribution in [0, 0.1) is 0 Å². The number of nitrogen functional groups attached to an aromatic ring is 1. The van der Waals surface area contributed by atoms with Crippen molar-refractivity contribution < 1.29 is 9.90 Å². The second-order valence-electron chi connectivity index (χ2n) is 3.75. The summed E-state index contributed by atoms with van der Waals surface area (Å²) >= 11 is 0. The number of rotatable bonds is 5. The summed E-state index contributed by atoms with van der Waals surface area (Å²) in [5.74, 6) is 5.28. The van der Waals surface area contributed by atoms with E-state index >= 15 is 0 Å². The summed E-state index contributed by atoms with van der Waals surface area (Å²) in [6.45, 7) is 3.93. The average molecular weight is 239 g/mol. The molecule has 17 heavy (non-hydrogen) atoms. The van der Waals surface area contributed by atoms with Gasteiger partial charge < -0.3 is 15.4 Å². The van der Waals surface area contributed by atoms with Crippen molar-refractivity contribution in [2.24, 2.45) is 5.84 Å². The third-order valence-electron chi connectivity index (χ3n) is 2.24. The quantitative estimate of drug-likeness (QED) is 0.477. The van der Waals surface area contributed by atoms with Crippen molar-refractivity contribution in [1.82, 2.24) is 14.9 Å². The van der Waals surface area contributed by atoms with Gasteiger partial charge in [-0.3, -0.25) is 4.79 Å². The van der Waals surface area contributed by atoms with Crippen molar-refractivity contribution in [3.05, 3.63) is 18.1 Å². The minimum absolute atomic E-state index is 0.0104. The molecule has 0 radical (unpaired) electrons. The summed E-state index contributed by atoms with van der Waals surface area (Å²) in [5.41, 5.74) is 2.56. The predicted octanol–water partition coefficient (Wildman–Crippen LogP) is -0.395. The summed E-state index contributed by atoms with van der Waals surface area (Å²) in [7, 11) is 0. The zero-order valence-electron chi connectivity index (χ0n) is 9.92. The van der Waals surface area contributed by atoms with Crippen molar-refractivity contribution in [1.29, 1.82) is 0 Å². The van der Waals surface area contributed by atoms with Gasteiger partial charge >= 0.3 is 0 Å². The number of hydrazine groups is 1. The van der Waals surface area contributed by atoms with Gasteiger partial charge in [0, 0.05) is 12.6 Å². The molecule has 0 bridgehead atoms. The fourth-order valence-electron chi connectivity index (χ4n) is 1.36. The van der Waals surface area contributed by atoms with Gasteiger partial charge in [-0.15, -0.1) is 0 Å². The first-order valence-corrected chi connectivity index (χ1v) is 5.30. The van der Waals surface area contributed by atoms with Crippen LogP contribution in [-0.2, 0) is 0 Å². The molecule has 1 heterocycles. The lowest BCUT2D eigenvalue weighted by Gasteiger charge is -2.25. The summed E-state index contributed by atoms with van der Waals surface area (Å²) < 4.78 is 0. The molecular formula is C10H17N5O2. The number of hydrogen-bond donors (Lipinski definition) is 3. The SMILES string of the molecule is CC(C)N(CCO)C(=O)c1cnc(NN)cn1. The Kier molecular flexibility index (Phi) is 4.80. The van der Waals surface area contributed by atoms with Gasteiger partial charge in [0.15, 0.2) is 5.82 Å². The molecule has 0 saturated carbocycles. The fraction of sp³-hybridized carbons (Fsp3) is 0.500. The molecule has 94 valence electrons. The highest BCUT2D eigenvalue weighted by Gasteiger charge is 2.19. The van der Waals surface area contributed by atoms with E-state index in [4.69, 9.17) is 10.9 Å². The van der Waals surface area contributed by atoms with Gasteiger partial charge in [-0.2, -0.15) is 0 Å². The van der Waals surface area contributed by atoms with Crippen molar-refractivity contribution in [2.45, 2.75) is 19.9 Å². The standard InChI is InChI=1S/C10H17N5O2/c1-7(2)15(3-4-16)10(17)8-5-13-9(14-11)6-12-8/h5-7,16H,3-4,11H2,1-2H3,(H,13,14). The first-order chi connectivity index (χ1) is 8.10. The Morgan fingerprint density at radius 1 is 1.53 bits per heavy atom. The molecule has 1 rings (SSSR count). The smallest absolute Gasteiger partial charge is 0.274 e. The molecule has 0 aliphatic rings. The van der Waals surface area contributed by atoms with E-state index in [2.05, 4.69) is 15.4 Å². The van der Waals surface area contributed by atoms with Gasteiger partial charge in [0.25, 0.3) is 5.91 Å². The number of aromatic nitrogens is 2. The van der Waals surface area contributed by atoms with Crippen LogP contribution in [0.25, 0.3) is 0 Å². The molecule has 0 fully saturated rings. The molecule has 7 nitrogen and oxygen atoms in total. The highest BCUT2D eigenvalue weighted by Crippen LogP contribution is 2.06. The van der Waals surface area contributed by atoms with Gasteiger partial charge in [0.05, 0.1) is 19.0 Å². The number of amides is 1. The van der Waals surface area contributed by atoms with Crippen LogP contribution in [0.2, 0.25) is 0 Å². The molecule has 0 unspecified atom stereocenters. The van der Waals surface area contributed by atoms with Crippen LogP contribution in [0.15, 0.2) is 12.4 Å². The van der Waals surface area contributed by atoms with Crippen molar-refractivity contribution in [3.63, 3.8) is 0 Å². The van der Waals surface area contributed by atoms with E-state index in [0.717, 1.165) is 0 Å². The number of nitrogens with one attached hydrogen (secondary N) is 1. The van der Waals surface area contributed by atoms with Crippen molar-refractivity contribution in [2.75, 3.05) is 18.6 Å². The first-order valence-electron chi connectivity index (χ1n) is 5.30. The van der Waals surface area contributed by atoms with E-state index in [1.807, 2.05) is 13.8 Å². The summed E-state index contributed by atoms with van der Waals surface area (Å²) in [5, 5.41) is 8.91. The molecule has 1 aromatic heterocycles. The monoisotopic (exact) mass is 239 g/mol. The van der Waals surface area contributed by atoms with E-state index in [1.54, 1.807) is 0 Å². The highest BCUT2D eigenvalue weighted by atomic mass is 16.3. The predicted molar refractivity (Wildman–Crippen MR) is 63.1 cm³/mol. The van der Waals surface area contributed by atoms with Crippen LogP contribution in [0.3, 0.4) is 0 Å². The second-order valence-corrected chi connectivity index (χ2v) is 3.75. The minimum Gasteiger partial charge on any atom is -0.395 e. The number of nitrogens with zero attached hydrogens (tertiary/aromatic N) is 3. The van der Waals surface area contributed by atoms with E-state index in [1.165, 1.54) is 17.3 Å². The van der Waals surface area contributed by atoms with E-state index in [0.29, 0.717) is 5.82 Å². The minimum atomic E-state index is -0.259. The zero-order valence-corrected chi connectivity index (χ0v) is 9.92. The van der Waals surface area contributed by atoms with E-state index in [9.17, 15) is 4.79 Å². The summed E-state index contributed by atoms with van der Waals surface area (Å²) in [6, 6.07) is -0.0104. The Balaban J connectivity index is 2.85. The van der Waals surface area contributed by atoms with E-state index < -0.39 is 0 Å². The average Bonchev–Trinajstić information content (AvgIpc) is 2.35. The Hall–Kier alpha value is -1.73. The molecule has 0 aromatic carbocycles. The number of aliphatic hydroxyl groups excluding tert-OH is 1. The lowest BCUT2D eigenvalue weighted by Crippen LogP contribution is -2.39. The number of nitrogens with two attached hydrogens (primary N) is 1. The maximum atomic E-state index is 12.0. The lowest BCUT2D eigenvalue weighted by atomic mass is 10.2. The number of carbonyl (C=O) groups excluding carboxylic acids is 1. The van der Waals surface area contributed by atoms with Crippen LogP contribution in [0.4, 0.5) is 5.82 Å². The first kappa shape index (κ1) is 13.3. The second kappa shape index (κ2) is 6.12. The molecule has 0 atom stereocenters. The van der Waals surface area contributed by atoms with Gasteiger partial charge in [-0.25, -0.2) is 15.8 Å². The molecule has 0 aliphatic heterocycles. The van der Waals surface area contributed by atoms with Crippen LogP contribution in [-0.4, -0.2) is 45.1 Å². The molecule has 0 spiro atoms.